The molecule has 1 aliphatic rings. The Morgan fingerprint density at radius 3 is 2.46 bits per heavy atom. The van der Waals surface area contributed by atoms with E-state index >= 15 is 0 Å². The molecule has 1 aromatic rings. The molecule has 1 atom stereocenters. The highest BCUT2D eigenvalue weighted by Crippen LogP contribution is 2.32. The monoisotopic (exact) mass is 346 g/mol. The van der Waals surface area contributed by atoms with Crippen LogP contribution in [0.2, 0.25) is 0 Å². The molecule has 1 amide bonds. The number of aliphatic hydroxyl groups is 1. The number of alkyl halides is 3. The quantitative estimate of drug-likeness (QED) is 0.674. The van der Waals surface area contributed by atoms with Gasteiger partial charge in [0.05, 0.1) is 4.92 Å². The van der Waals surface area contributed by atoms with E-state index < -0.39 is 29.0 Å². The van der Waals surface area contributed by atoms with E-state index in [1.165, 1.54) is 30.0 Å². The fraction of sp³-hybridized carbons (Fsp3) is 0.533. The second-order valence-corrected chi connectivity index (χ2v) is 5.82. The molecule has 1 aliphatic heterocycles. The second-order valence-electron chi connectivity index (χ2n) is 5.82. The Labute approximate surface area is 136 Å². The Morgan fingerprint density at radius 1 is 1.38 bits per heavy atom. The number of hydrogen-bond acceptors (Lipinski definition) is 4. The number of nitro benzene ring substituents is 1. The zero-order chi connectivity index (χ0) is 18.1. The fourth-order valence-electron chi connectivity index (χ4n) is 2.91. The lowest BCUT2D eigenvalue weighted by Crippen LogP contribution is -2.45. The number of halogens is 3. The minimum atomic E-state index is -4.67. The van der Waals surface area contributed by atoms with E-state index in [-0.39, 0.29) is 42.7 Å². The van der Waals surface area contributed by atoms with Crippen molar-refractivity contribution < 1.29 is 28.0 Å². The summed E-state index contributed by atoms with van der Waals surface area (Å²) in [6.07, 6.45) is -7.01. The van der Waals surface area contributed by atoms with Crippen LogP contribution in [0.15, 0.2) is 18.2 Å². The summed E-state index contributed by atoms with van der Waals surface area (Å²) in [5.74, 6) is -1.39. The maximum Gasteiger partial charge on any atom is 0.414 e. The number of aliphatic hydroxyl groups excluding tert-OH is 1. The highest BCUT2D eigenvalue weighted by atomic mass is 19.4. The van der Waals surface area contributed by atoms with Gasteiger partial charge in [0.2, 0.25) is 0 Å². The van der Waals surface area contributed by atoms with E-state index in [1.807, 2.05) is 0 Å². The third-order valence-electron chi connectivity index (χ3n) is 4.34. The predicted octanol–water partition coefficient (Wildman–Crippen LogP) is 2.68. The van der Waals surface area contributed by atoms with E-state index in [4.69, 9.17) is 0 Å². The van der Waals surface area contributed by atoms with Gasteiger partial charge in [-0.3, -0.25) is 14.9 Å². The van der Waals surface area contributed by atoms with Gasteiger partial charge in [0, 0.05) is 30.3 Å². The van der Waals surface area contributed by atoms with Crippen LogP contribution in [0.1, 0.15) is 28.8 Å². The third kappa shape index (κ3) is 3.66. The van der Waals surface area contributed by atoms with Crippen LogP contribution in [-0.4, -0.2) is 46.2 Å². The molecule has 0 saturated carbocycles. The van der Waals surface area contributed by atoms with Crippen LogP contribution in [0.4, 0.5) is 18.9 Å². The highest BCUT2D eigenvalue weighted by molar-refractivity contribution is 5.96. The SMILES string of the molecule is Cc1c(C(=O)N2CCC(C(O)C(F)(F)F)CC2)cccc1[N+](=O)[O-]. The average molecular weight is 346 g/mol. The van der Waals surface area contributed by atoms with Gasteiger partial charge in [-0.25, -0.2) is 0 Å². The number of nitrogens with zero attached hydrogens (tertiary/aromatic N) is 2. The maximum absolute atomic E-state index is 12.5. The van der Waals surface area contributed by atoms with Crippen molar-refractivity contribution in [3.8, 4) is 0 Å². The van der Waals surface area contributed by atoms with Crippen molar-refractivity contribution in [2.75, 3.05) is 13.1 Å². The summed E-state index contributed by atoms with van der Waals surface area (Å²) in [6.45, 7) is 1.60. The van der Waals surface area contributed by atoms with Crippen LogP contribution >= 0.6 is 0 Å². The van der Waals surface area contributed by atoms with E-state index in [2.05, 4.69) is 0 Å². The molecule has 9 heteroatoms. The van der Waals surface area contributed by atoms with Crippen LogP contribution in [0, 0.1) is 23.0 Å². The zero-order valence-electron chi connectivity index (χ0n) is 12.9. The number of rotatable bonds is 3. The Hall–Kier alpha value is -2.16. The molecule has 6 nitrogen and oxygen atoms in total. The summed E-state index contributed by atoms with van der Waals surface area (Å²) >= 11 is 0. The lowest BCUT2D eigenvalue weighted by molar-refractivity contribution is -0.385. The minimum absolute atomic E-state index is 0.0282. The van der Waals surface area contributed by atoms with Crippen LogP contribution in [0.3, 0.4) is 0 Å². The van der Waals surface area contributed by atoms with Gasteiger partial charge in [0.15, 0.2) is 6.10 Å². The van der Waals surface area contributed by atoms with Crippen molar-refractivity contribution in [3.63, 3.8) is 0 Å². The lowest BCUT2D eigenvalue weighted by atomic mass is 9.90. The topological polar surface area (TPSA) is 83.7 Å². The van der Waals surface area contributed by atoms with Crippen molar-refractivity contribution in [1.29, 1.82) is 0 Å². The summed E-state index contributed by atoms with van der Waals surface area (Å²) in [5, 5.41) is 20.2. The molecule has 0 radical (unpaired) electrons. The molecule has 24 heavy (non-hydrogen) atoms. The Bertz CT molecular complexity index is 640. The average Bonchev–Trinajstić information content (AvgIpc) is 2.52. The molecule has 132 valence electrons. The Balaban J connectivity index is 2.09. The smallest absolute Gasteiger partial charge is 0.383 e. The van der Waals surface area contributed by atoms with Crippen LogP contribution < -0.4 is 0 Å². The van der Waals surface area contributed by atoms with Crippen molar-refractivity contribution in [1.82, 2.24) is 4.90 Å². The van der Waals surface area contributed by atoms with Gasteiger partial charge in [0.1, 0.15) is 0 Å². The van der Waals surface area contributed by atoms with Crippen molar-refractivity contribution >= 4 is 11.6 Å². The zero-order valence-corrected chi connectivity index (χ0v) is 12.9. The number of piperidine rings is 1. The fourth-order valence-corrected chi connectivity index (χ4v) is 2.91. The number of hydrogen-bond donors (Lipinski definition) is 1. The number of carbonyl (C=O) groups is 1. The van der Waals surface area contributed by atoms with Gasteiger partial charge in [0.25, 0.3) is 11.6 Å². The molecule has 0 spiro atoms. The summed E-state index contributed by atoms with van der Waals surface area (Å²) in [4.78, 5) is 24.2. The minimum Gasteiger partial charge on any atom is -0.383 e. The van der Waals surface area contributed by atoms with Gasteiger partial charge in [-0.15, -0.1) is 0 Å². The van der Waals surface area contributed by atoms with Crippen molar-refractivity contribution in [3.05, 3.63) is 39.4 Å². The Morgan fingerprint density at radius 2 is 1.96 bits per heavy atom. The van der Waals surface area contributed by atoms with E-state index in [0.29, 0.717) is 0 Å². The summed E-state index contributed by atoms with van der Waals surface area (Å²) in [7, 11) is 0. The van der Waals surface area contributed by atoms with Gasteiger partial charge >= 0.3 is 6.18 Å². The third-order valence-corrected chi connectivity index (χ3v) is 4.34. The second kappa shape index (κ2) is 6.76. The first-order valence-corrected chi connectivity index (χ1v) is 7.41. The molecule has 1 N–H and O–H groups in total. The lowest BCUT2D eigenvalue weighted by Gasteiger charge is -2.35. The van der Waals surface area contributed by atoms with Crippen LogP contribution in [0.5, 0.6) is 0 Å². The molecule has 2 rings (SSSR count). The van der Waals surface area contributed by atoms with Crippen LogP contribution in [-0.2, 0) is 0 Å². The summed E-state index contributed by atoms with van der Waals surface area (Å²) in [5.41, 5.74) is 0.215. The summed E-state index contributed by atoms with van der Waals surface area (Å²) < 4.78 is 37.6. The van der Waals surface area contributed by atoms with Gasteiger partial charge in [-0.05, 0) is 31.7 Å². The standard InChI is InChI=1S/C15H17F3N2O4/c1-9-11(3-2-4-12(9)20(23)24)14(22)19-7-5-10(6-8-19)13(21)15(16,17)18/h2-4,10,13,21H,5-8H2,1H3. The maximum atomic E-state index is 12.5. The molecule has 0 aliphatic carbocycles. The van der Waals surface area contributed by atoms with E-state index in [9.17, 15) is 33.2 Å². The molecular formula is C15H17F3N2O4. The number of amides is 1. The van der Waals surface area contributed by atoms with E-state index in [1.54, 1.807) is 0 Å². The molecule has 1 aromatic carbocycles. The first-order valence-electron chi connectivity index (χ1n) is 7.41. The van der Waals surface area contributed by atoms with Crippen LogP contribution in [0.25, 0.3) is 0 Å². The normalized spacial score (nSPS) is 17.6. The van der Waals surface area contributed by atoms with Gasteiger partial charge in [-0.1, -0.05) is 6.07 Å². The molecule has 1 unspecified atom stereocenters. The number of nitro groups is 1. The molecular weight excluding hydrogens is 329 g/mol. The Kier molecular flexibility index (Phi) is 5.12. The first kappa shape index (κ1) is 18.2. The molecule has 1 saturated heterocycles. The number of benzene rings is 1. The highest BCUT2D eigenvalue weighted by Gasteiger charge is 2.44. The molecule has 1 fully saturated rings. The van der Waals surface area contributed by atoms with E-state index in [0.717, 1.165) is 0 Å². The number of likely N-dealkylation sites (tertiary alicyclic amines) is 1. The predicted molar refractivity (Wildman–Crippen MR) is 78.5 cm³/mol. The largest absolute Gasteiger partial charge is 0.414 e. The summed E-state index contributed by atoms with van der Waals surface area (Å²) in [6, 6.07) is 4.15. The van der Waals surface area contributed by atoms with Gasteiger partial charge in [-0.2, -0.15) is 13.2 Å². The van der Waals surface area contributed by atoms with Crippen molar-refractivity contribution in [2.24, 2.45) is 5.92 Å². The van der Waals surface area contributed by atoms with Gasteiger partial charge < -0.3 is 10.0 Å². The number of carbonyl (C=O) groups excluding carboxylic acids is 1. The molecule has 0 aromatic heterocycles. The first-order chi connectivity index (χ1) is 11.1. The molecule has 0 bridgehead atoms. The van der Waals surface area contributed by atoms with Crippen molar-refractivity contribution in [2.45, 2.75) is 32.0 Å². The molecule has 1 heterocycles.